The van der Waals surface area contributed by atoms with E-state index in [1.54, 1.807) is 7.05 Å². The van der Waals surface area contributed by atoms with Crippen molar-refractivity contribution in [3.8, 4) is 0 Å². The molecule has 0 aliphatic carbocycles. The molecule has 0 saturated carbocycles. The quantitative estimate of drug-likeness (QED) is 0.239. The first-order chi connectivity index (χ1) is 8.51. The lowest BCUT2D eigenvalue weighted by Crippen LogP contribution is -2.43. The van der Waals surface area contributed by atoms with Gasteiger partial charge in [-0.05, 0) is 12.8 Å². The third-order valence-electron chi connectivity index (χ3n) is 2.53. The van der Waals surface area contributed by atoms with Crippen LogP contribution < -0.4 is 15.4 Å². The third-order valence-corrected chi connectivity index (χ3v) is 3.25. The van der Waals surface area contributed by atoms with Gasteiger partial charge in [0.15, 0.2) is 5.96 Å². The Labute approximate surface area is 132 Å². The lowest BCUT2D eigenvalue weighted by molar-refractivity contribution is 0.114. The van der Waals surface area contributed by atoms with Gasteiger partial charge in [-0.1, -0.05) is 0 Å². The summed E-state index contributed by atoms with van der Waals surface area (Å²) >= 11 is 0. The average molecular weight is 406 g/mol. The summed E-state index contributed by atoms with van der Waals surface area (Å²) in [4.78, 5) is 4.04. The van der Waals surface area contributed by atoms with Gasteiger partial charge in [-0.3, -0.25) is 4.99 Å². The summed E-state index contributed by atoms with van der Waals surface area (Å²) in [5.41, 5.74) is 0. The topological polar surface area (TPSA) is 91.8 Å². The van der Waals surface area contributed by atoms with Gasteiger partial charge in [0, 0.05) is 33.3 Å². The highest BCUT2D eigenvalue weighted by atomic mass is 127. The van der Waals surface area contributed by atoms with Crippen molar-refractivity contribution in [1.29, 1.82) is 0 Å². The normalized spacial score (nSPS) is 19.9. The standard InChI is InChI=1S/C10H22N4O3S.HI/c1-11-10(12-5-6-14-18(2,15)16)13-8-9-4-3-7-17-9;/h9,14H,3-8H2,1-2H3,(H2,11,12,13);1H. The van der Waals surface area contributed by atoms with Crippen LogP contribution in [0.1, 0.15) is 12.8 Å². The van der Waals surface area contributed by atoms with Crippen LogP contribution in [0.3, 0.4) is 0 Å². The summed E-state index contributed by atoms with van der Waals surface area (Å²) in [6.45, 7) is 2.37. The molecule has 1 fully saturated rings. The van der Waals surface area contributed by atoms with E-state index in [1.807, 2.05) is 0 Å². The molecule has 0 radical (unpaired) electrons. The van der Waals surface area contributed by atoms with Crippen molar-refractivity contribution in [2.24, 2.45) is 4.99 Å². The van der Waals surface area contributed by atoms with Crippen molar-refractivity contribution in [3.63, 3.8) is 0 Å². The predicted molar refractivity (Wildman–Crippen MR) is 86.6 cm³/mol. The SMILES string of the molecule is CN=C(NCCNS(C)(=O)=O)NCC1CCCO1.I. The number of hydrogen-bond donors (Lipinski definition) is 3. The fraction of sp³-hybridized carbons (Fsp3) is 0.900. The molecule has 7 nitrogen and oxygen atoms in total. The molecule has 9 heteroatoms. The minimum absolute atomic E-state index is 0. The number of sulfonamides is 1. The number of rotatable bonds is 6. The molecule has 0 aromatic carbocycles. The molecule has 1 aliphatic heterocycles. The first-order valence-electron chi connectivity index (χ1n) is 6.02. The fourth-order valence-electron chi connectivity index (χ4n) is 1.65. The Morgan fingerprint density at radius 2 is 2.11 bits per heavy atom. The Morgan fingerprint density at radius 3 is 2.63 bits per heavy atom. The number of guanidine groups is 1. The van der Waals surface area contributed by atoms with Crippen molar-refractivity contribution < 1.29 is 13.2 Å². The van der Waals surface area contributed by atoms with Crippen LogP contribution in [-0.2, 0) is 14.8 Å². The second-order valence-electron chi connectivity index (χ2n) is 4.18. The van der Waals surface area contributed by atoms with E-state index in [4.69, 9.17) is 4.74 Å². The van der Waals surface area contributed by atoms with Crippen molar-refractivity contribution in [2.75, 3.05) is 39.5 Å². The van der Waals surface area contributed by atoms with Gasteiger partial charge in [0.1, 0.15) is 0 Å². The molecule has 0 aromatic rings. The number of hydrogen-bond acceptors (Lipinski definition) is 4. The van der Waals surface area contributed by atoms with Gasteiger partial charge in [-0.2, -0.15) is 0 Å². The molecule has 3 N–H and O–H groups in total. The van der Waals surface area contributed by atoms with Gasteiger partial charge < -0.3 is 15.4 Å². The molecule has 19 heavy (non-hydrogen) atoms. The first-order valence-corrected chi connectivity index (χ1v) is 7.91. The highest BCUT2D eigenvalue weighted by Gasteiger charge is 2.15. The van der Waals surface area contributed by atoms with Gasteiger partial charge >= 0.3 is 0 Å². The van der Waals surface area contributed by atoms with Crippen LogP contribution in [-0.4, -0.2) is 60.0 Å². The van der Waals surface area contributed by atoms with Gasteiger partial charge in [0.2, 0.25) is 10.0 Å². The summed E-state index contributed by atoms with van der Waals surface area (Å²) in [5.74, 6) is 0.654. The van der Waals surface area contributed by atoms with Crippen LogP contribution in [0.2, 0.25) is 0 Å². The molecular formula is C10H23IN4O3S. The molecule has 0 spiro atoms. The summed E-state index contributed by atoms with van der Waals surface area (Å²) < 4.78 is 29.6. The van der Waals surface area contributed by atoms with E-state index in [0.717, 1.165) is 32.2 Å². The number of halogens is 1. The highest BCUT2D eigenvalue weighted by Crippen LogP contribution is 2.10. The summed E-state index contributed by atoms with van der Waals surface area (Å²) in [6.07, 6.45) is 3.56. The molecule has 114 valence electrons. The molecular weight excluding hydrogens is 383 g/mol. The minimum atomic E-state index is -3.12. The van der Waals surface area contributed by atoms with Crippen molar-refractivity contribution >= 4 is 40.0 Å². The van der Waals surface area contributed by atoms with Crippen LogP contribution in [0.25, 0.3) is 0 Å². The van der Waals surface area contributed by atoms with E-state index in [0.29, 0.717) is 19.0 Å². The van der Waals surface area contributed by atoms with E-state index in [-0.39, 0.29) is 30.1 Å². The number of ether oxygens (including phenoxy) is 1. The van der Waals surface area contributed by atoms with Crippen LogP contribution in [0.4, 0.5) is 0 Å². The molecule has 0 amide bonds. The second kappa shape index (κ2) is 9.72. The van der Waals surface area contributed by atoms with Gasteiger partial charge in [0.25, 0.3) is 0 Å². The van der Waals surface area contributed by atoms with Crippen molar-refractivity contribution in [2.45, 2.75) is 18.9 Å². The monoisotopic (exact) mass is 406 g/mol. The minimum Gasteiger partial charge on any atom is -0.376 e. The van der Waals surface area contributed by atoms with E-state index < -0.39 is 10.0 Å². The first kappa shape index (κ1) is 18.9. The summed E-state index contributed by atoms with van der Waals surface area (Å²) in [7, 11) is -1.45. The lowest BCUT2D eigenvalue weighted by Gasteiger charge is -2.14. The number of nitrogens with zero attached hydrogens (tertiary/aromatic N) is 1. The Hall–Kier alpha value is -0.130. The Morgan fingerprint density at radius 1 is 1.37 bits per heavy atom. The molecule has 1 saturated heterocycles. The van der Waals surface area contributed by atoms with Crippen molar-refractivity contribution in [3.05, 3.63) is 0 Å². The maximum Gasteiger partial charge on any atom is 0.208 e. The summed E-state index contributed by atoms with van der Waals surface area (Å²) in [6, 6.07) is 0. The Kier molecular flexibility index (Phi) is 9.66. The molecule has 1 atom stereocenters. The molecule has 1 unspecified atom stereocenters. The largest absolute Gasteiger partial charge is 0.376 e. The number of aliphatic imine (C=N–C) groups is 1. The van der Waals surface area contributed by atoms with Gasteiger partial charge in [-0.15, -0.1) is 24.0 Å². The zero-order valence-electron chi connectivity index (χ0n) is 11.3. The molecule has 1 heterocycles. The van der Waals surface area contributed by atoms with Crippen LogP contribution in [0, 0.1) is 0 Å². The zero-order chi connectivity index (χ0) is 13.4. The number of nitrogens with one attached hydrogen (secondary N) is 3. The van der Waals surface area contributed by atoms with E-state index in [1.165, 1.54) is 0 Å². The van der Waals surface area contributed by atoms with E-state index >= 15 is 0 Å². The predicted octanol–water partition coefficient (Wildman–Crippen LogP) is -0.502. The summed E-state index contributed by atoms with van der Waals surface area (Å²) in [5, 5.41) is 6.17. The maximum atomic E-state index is 10.8. The van der Waals surface area contributed by atoms with Gasteiger partial charge in [0.05, 0.1) is 12.4 Å². The second-order valence-corrected chi connectivity index (χ2v) is 6.01. The van der Waals surface area contributed by atoms with Crippen LogP contribution >= 0.6 is 24.0 Å². The van der Waals surface area contributed by atoms with E-state index in [2.05, 4.69) is 20.3 Å². The maximum absolute atomic E-state index is 10.8. The van der Waals surface area contributed by atoms with E-state index in [9.17, 15) is 8.42 Å². The third kappa shape index (κ3) is 9.41. The van der Waals surface area contributed by atoms with Crippen LogP contribution in [0.15, 0.2) is 4.99 Å². The van der Waals surface area contributed by atoms with Crippen LogP contribution in [0.5, 0.6) is 0 Å². The fourth-order valence-corrected chi connectivity index (χ4v) is 2.13. The average Bonchev–Trinajstić information content (AvgIpc) is 2.79. The molecule has 1 rings (SSSR count). The molecule has 0 aromatic heterocycles. The molecule has 0 bridgehead atoms. The Bertz CT molecular complexity index is 369. The Balaban J connectivity index is 0.00000324. The highest BCUT2D eigenvalue weighted by molar-refractivity contribution is 14.0. The molecule has 1 aliphatic rings. The van der Waals surface area contributed by atoms with Crippen molar-refractivity contribution in [1.82, 2.24) is 15.4 Å². The zero-order valence-corrected chi connectivity index (χ0v) is 14.5. The lowest BCUT2D eigenvalue weighted by atomic mass is 10.2. The van der Waals surface area contributed by atoms with Gasteiger partial charge in [-0.25, -0.2) is 13.1 Å². The smallest absolute Gasteiger partial charge is 0.208 e.